The summed E-state index contributed by atoms with van der Waals surface area (Å²) in [6.45, 7) is 3.69. The second-order valence-corrected chi connectivity index (χ2v) is 2.24. The summed E-state index contributed by atoms with van der Waals surface area (Å²) >= 11 is 5.03. The van der Waals surface area contributed by atoms with Crippen LogP contribution in [0.4, 0.5) is 4.79 Å². The molecule has 0 heterocycles. The predicted molar refractivity (Wildman–Crippen MR) is 50.0 cm³/mol. The van der Waals surface area contributed by atoms with Gasteiger partial charge in [0.05, 0.1) is 0 Å². The largest absolute Gasteiger partial charge is 0.415 e. The Hall–Kier alpha value is -1.02. The number of allylic oxidation sites excluding steroid dienone is 5. The van der Waals surface area contributed by atoms with Crippen LogP contribution in [0, 0.1) is 0 Å². The van der Waals surface area contributed by atoms with Gasteiger partial charge in [0.2, 0.25) is 0 Å². The number of carbonyl (C=O) groups is 1. The van der Waals surface area contributed by atoms with E-state index in [-0.39, 0.29) is 0 Å². The molecule has 0 saturated carbocycles. The first-order chi connectivity index (χ1) is 5.70. The van der Waals surface area contributed by atoms with Crippen LogP contribution in [0.25, 0.3) is 0 Å². The molecule has 0 aromatic rings. The van der Waals surface area contributed by atoms with E-state index in [0.717, 1.165) is 0 Å². The molecule has 0 bridgehead atoms. The summed E-state index contributed by atoms with van der Waals surface area (Å²) in [4.78, 5) is 10.3. The van der Waals surface area contributed by atoms with Crippen molar-refractivity contribution in [1.82, 2.24) is 0 Å². The van der Waals surface area contributed by atoms with E-state index >= 15 is 0 Å². The van der Waals surface area contributed by atoms with Crippen molar-refractivity contribution >= 4 is 17.0 Å². The van der Waals surface area contributed by atoms with Crippen molar-refractivity contribution in [3.05, 3.63) is 36.1 Å². The summed E-state index contributed by atoms with van der Waals surface area (Å²) in [5.74, 6) is 0.426. The predicted octanol–water partition coefficient (Wildman–Crippen LogP) is 3.40. The van der Waals surface area contributed by atoms with Crippen molar-refractivity contribution in [2.45, 2.75) is 13.8 Å². The Bertz CT molecular complexity index is 227. The van der Waals surface area contributed by atoms with Gasteiger partial charge in [-0.25, -0.2) is 4.79 Å². The SMILES string of the molecule is C\C=C/C=C(\C=C/C)OC(=O)Cl. The lowest BCUT2D eigenvalue weighted by atomic mass is 10.4. The summed E-state index contributed by atoms with van der Waals surface area (Å²) < 4.78 is 4.64. The molecule has 0 spiro atoms. The summed E-state index contributed by atoms with van der Waals surface area (Å²) in [5, 5.41) is 0. The van der Waals surface area contributed by atoms with Gasteiger partial charge < -0.3 is 4.74 Å². The third-order valence-electron chi connectivity index (χ3n) is 0.982. The van der Waals surface area contributed by atoms with E-state index in [0.29, 0.717) is 5.76 Å². The molecule has 0 aliphatic carbocycles. The van der Waals surface area contributed by atoms with E-state index in [4.69, 9.17) is 11.6 Å². The number of halogens is 1. The van der Waals surface area contributed by atoms with Gasteiger partial charge in [0.25, 0.3) is 0 Å². The van der Waals surface area contributed by atoms with E-state index in [1.807, 2.05) is 19.9 Å². The molecular weight excluding hydrogens is 176 g/mol. The Morgan fingerprint density at radius 2 is 2.00 bits per heavy atom. The fraction of sp³-hybridized carbons (Fsp3) is 0.222. The van der Waals surface area contributed by atoms with Crippen LogP contribution in [0.1, 0.15) is 13.8 Å². The average molecular weight is 187 g/mol. The molecule has 0 aliphatic heterocycles. The zero-order valence-electron chi connectivity index (χ0n) is 7.08. The van der Waals surface area contributed by atoms with Crippen LogP contribution in [0.15, 0.2) is 36.1 Å². The lowest BCUT2D eigenvalue weighted by Gasteiger charge is -1.97. The Labute approximate surface area is 77.2 Å². The first-order valence-electron chi connectivity index (χ1n) is 3.53. The fourth-order valence-electron chi connectivity index (χ4n) is 0.572. The van der Waals surface area contributed by atoms with Gasteiger partial charge in [-0.05, 0) is 26.0 Å². The zero-order chi connectivity index (χ0) is 9.40. The van der Waals surface area contributed by atoms with Gasteiger partial charge in [-0.3, -0.25) is 0 Å². The fourth-order valence-corrected chi connectivity index (χ4v) is 0.661. The molecule has 2 nitrogen and oxygen atoms in total. The third-order valence-corrected chi connectivity index (χ3v) is 1.06. The van der Waals surface area contributed by atoms with Crippen LogP contribution in [0.2, 0.25) is 0 Å². The zero-order valence-corrected chi connectivity index (χ0v) is 7.84. The minimum Gasteiger partial charge on any atom is -0.415 e. The van der Waals surface area contributed by atoms with E-state index in [2.05, 4.69) is 4.74 Å². The first kappa shape index (κ1) is 11.0. The molecule has 0 atom stereocenters. The third kappa shape index (κ3) is 5.74. The highest BCUT2D eigenvalue weighted by molar-refractivity contribution is 6.61. The van der Waals surface area contributed by atoms with Crippen molar-refractivity contribution in [1.29, 1.82) is 0 Å². The molecule has 0 amide bonds. The van der Waals surface area contributed by atoms with Crippen molar-refractivity contribution in [3.63, 3.8) is 0 Å². The minimum atomic E-state index is -0.830. The van der Waals surface area contributed by atoms with Crippen LogP contribution in [0.3, 0.4) is 0 Å². The molecular formula is C9H11ClO2. The van der Waals surface area contributed by atoms with Crippen LogP contribution in [0.5, 0.6) is 0 Å². The van der Waals surface area contributed by atoms with Gasteiger partial charge in [-0.15, -0.1) is 0 Å². The molecule has 0 radical (unpaired) electrons. The van der Waals surface area contributed by atoms with Crippen molar-refractivity contribution in [2.24, 2.45) is 0 Å². The molecule has 0 saturated heterocycles. The number of hydrogen-bond acceptors (Lipinski definition) is 2. The van der Waals surface area contributed by atoms with E-state index in [1.54, 1.807) is 24.3 Å². The van der Waals surface area contributed by atoms with Gasteiger partial charge in [0, 0.05) is 11.6 Å². The Kier molecular flexibility index (Phi) is 6.11. The van der Waals surface area contributed by atoms with E-state index < -0.39 is 5.43 Å². The Morgan fingerprint density at radius 1 is 1.33 bits per heavy atom. The molecule has 0 fully saturated rings. The summed E-state index contributed by atoms with van der Waals surface area (Å²) in [7, 11) is 0. The van der Waals surface area contributed by atoms with Gasteiger partial charge in [-0.1, -0.05) is 18.2 Å². The highest BCUT2D eigenvalue weighted by Crippen LogP contribution is 2.03. The van der Waals surface area contributed by atoms with Gasteiger partial charge in [0.1, 0.15) is 5.76 Å². The minimum absolute atomic E-state index is 0.426. The number of carbonyl (C=O) groups excluding carboxylic acids is 1. The van der Waals surface area contributed by atoms with Crippen LogP contribution < -0.4 is 0 Å². The number of rotatable bonds is 3. The molecule has 66 valence electrons. The molecule has 0 N–H and O–H groups in total. The smallest absolute Gasteiger partial charge is 0.409 e. The highest BCUT2D eigenvalue weighted by Gasteiger charge is 1.97. The molecule has 12 heavy (non-hydrogen) atoms. The normalized spacial score (nSPS) is 12.8. The Balaban J connectivity index is 4.32. The molecule has 0 rings (SSSR count). The number of hydrogen-bond donors (Lipinski definition) is 0. The topological polar surface area (TPSA) is 26.3 Å². The van der Waals surface area contributed by atoms with Crippen LogP contribution >= 0.6 is 11.6 Å². The molecule has 0 aromatic carbocycles. The molecule has 0 aromatic heterocycles. The molecule has 0 unspecified atom stereocenters. The van der Waals surface area contributed by atoms with Crippen LogP contribution in [-0.2, 0) is 4.74 Å². The highest BCUT2D eigenvalue weighted by atomic mass is 35.5. The lowest BCUT2D eigenvalue weighted by Crippen LogP contribution is -1.90. The maximum absolute atomic E-state index is 10.3. The summed E-state index contributed by atoms with van der Waals surface area (Å²) in [6.07, 6.45) is 8.65. The van der Waals surface area contributed by atoms with Crippen LogP contribution in [-0.4, -0.2) is 5.43 Å². The maximum Gasteiger partial charge on any atom is 0.409 e. The van der Waals surface area contributed by atoms with E-state index in [1.165, 1.54) is 0 Å². The van der Waals surface area contributed by atoms with Crippen molar-refractivity contribution < 1.29 is 9.53 Å². The average Bonchev–Trinajstić information content (AvgIpc) is 2.00. The van der Waals surface area contributed by atoms with Gasteiger partial charge in [-0.2, -0.15) is 0 Å². The second kappa shape index (κ2) is 6.68. The summed E-state index contributed by atoms with van der Waals surface area (Å²) in [5.41, 5.74) is -0.830. The van der Waals surface area contributed by atoms with Gasteiger partial charge >= 0.3 is 5.43 Å². The number of ether oxygens (including phenoxy) is 1. The quantitative estimate of drug-likeness (QED) is 0.384. The lowest BCUT2D eigenvalue weighted by molar-refractivity contribution is 0.206. The molecule has 3 heteroatoms. The van der Waals surface area contributed by atoms with Gasteiger partial charge in [0.15, 0.2) is 0 Å². The maximum atomic E-state index is 10.3. The monoisotopic (exact) mass is 186 g/mol. The molecule has 0 aliphatic rings. The first-order valence-corrected chi connectivity index (χ1v) is 3.91. The summed E-state index contributed by atoms with van der Waals surface area (Å²) in [6, 6.07) is 0. The van der Waals surface area contributed by atoms with Crippen molar-refractivity contribution in [3.8, 4) is 0 Å². The Morgan fingerprint density at radius 3 is 2.42 bits per heavy atom. The standard InChI is InChI=1S/C9H11ClO2/c1-3-5-7-8(6-4-2)12-9(10)11/h3-7H,1-2H3/b5-3-,6-4-,8-7+. The second-order valence-electron chi connectivity index (χ2n) is 1.93. The van der Waals surface area contributed by atoms with E-state index in [9.17, 15) is 4.79 Å². The van der Waals surface area contributed by atoms with Crippen molar-refractivity contribution in [2.75, 3.05) is 0 Å².